The van der Waals surface area contributed by atoms with Crippen LogP contribution in [0.4, 0.5) is 10.2 Å². The molecule has 10 heteroatoms. The third-order valence-electron chi connectivity index (χ3n) is 4.80. The fourth-order valence-corrected chi connectivity index (χ4v) is 3.12. The molecule has 0 radical (unpaired) electrons. The zero-order chi connectivity index (χ0) is 21.8. The highest BCUT2D eigenvalue weighted by atomic mass is 19.1. The van der Waals surface area contributed by atoms with Gasteiger partial charge in [-0.1, -0.05) is 26.0 Å². The van der Waals surface area contributed by atoms with Crippen LogP contribution in [0.1, 0.15) is 37.8 Å². The summed E-state index contributed by atoms with van der Waals surface area (Å²) in [5.74, 6) is -1.72. The molecule has 0 aliphatic carbocycles. The van der Waals surface area contributed by atoms with E-state index in [1.54, 1.807) is 13.0 Å². The molecule has 0 saturated carbocycles. The van der Waals surface area contributed by atoms with E-state index in [-0.39, 0.29) is 36.0 Å². The molecule has 9 nitrogen and oxygen atoms in total. The molecular formula is C20H25FN6O3. The Morgan fingerprint density at radius 3 is 2.63 bits per heavy atom. The van der Waals surface area contributed by atoms with Gasteiger partial charge in [0.25, 0.3) is 0 Å². The number of aryl methyl sites for hydroxylation is 1. The monoisotopic (exact) mass is 416 g/mol. The van der Waals surface area contributed by atoms with Crippen LogP contribution >= 0.6 is 0 Å². The predicted octanol–water partition coefficient (Wildman–Crippen LogP) is 1.18. The smallest absolute Gasteiger partial charge is 0.314 e. The van der Waals surface area contributed by atoms with Crippen LogP contribution in [0.2, 0.25) is 0 Å². The molecule has 0 spiro atoms. The molecule has 30 heavy (non-hydrogen) atoms. The van der Waals surface area contributed by atoms with Gasteiger partial charge < -0.3 is 16.0 Å². The van der Waals surface area contributed by atoms with Gasteiger partial charge in [0.2, 0.25) is 5.91 Å². The second kappa shape index (κ2) is 9.04. The highest BCUT2D eigenvalue weighted by molar-refractivity contribution is 6.39. The van der Waals surface area contributed by atoms with Crippen LogP contribution in [-0.4, -0.2) is 33.5 Å². The first-order valence-electron chi connectivity index (χ1n) is 9.68. The predicted molar refractivity (Wildman–Crippen MR) is 107 cm³/mol. The first-order valence-corrected chi connectivity index (χ1v) is 9.68. The Labute approximate surface area is 173 Å². The Balaban J connectivity index is 1.66. The van der Waals surface area contributed by atoms with Gasteiger partial charge in [-0.15, -0.1) is 0 Å². The minimum Gasteiger partial charge on any atom is -0.344 e. The average Bonchev–Trinajstić information content (AvgIpc) is 3.06. The maximum Gasteiger partial charge on any atom is 0.314 e. The third-order valence-corrected chi connectivity index (χ3v) is 4.80. The molecule has 2 aromatic rings. The van der Waals surface area contributed by atoms with Crippen LogP contribution in [0, 0.1) is 18.7 Å². The number of benzene rings is 1. The van der Waals surface area contributed by atoms with E-state index >= 15 is 0 Å². The number of hydrogen-bond acceptors (Lipinski definition) is 5. The van der Waals surface area contributed by atoms with Gasteiger partial charge in [-0.3, -0.25) is 19.7 Å². The van der Waals surface area contributed by atoms with Crippen molar-refractivity contribution in [3.8, 4) is 0 Å². The Hall–Kier alpha value is -3.27. The Morgan fingerprint density at radius 2 is 1.97 bits per heavy atom. The molecule has 1 aromatic carbocycles. The molecule has 4 N–H and O–H groups in total. The van der Waals surface area contributed by atoms with E-state index in [1.165, 1.54) is 28.9 Å². The number of aromatic nitrogens is 2. The standard InChI is InChI=1S/C20H25FN6O3/c1-11(2)15-9-17(28)25-20(23-15)27-16(8-12(3)26-27)24-19(30)18(29)22-10-13-4-6-14(21)7-5-13/h4-8,11,15,20,23H,9-10H2,1-3H3,(H,22,29)(H,24,30)(H,25,28). The fraction of sp³-hybridized carbons (Fsp3) is 0.400. The van der Waals surface area contributed by atoms with Crippen molar-refractivity contribution in [2.45, 2.75) is 46.1 Å². The van der Waals surface area contributed by atoms with Crippen molar-refractivity contribution >= 4 is 23.5 Å². The van der Waals surface area contributed by atoms with Crippen LogP contribution in [0.25, 0.3) is 0 Å². The summed E-state index contributed by atoms with van der Waals surface area (Å²) in [7, 11) is 0. The molecule has 1 aliphatic heterocycles. The number of amides is 3. The normalized spacial score (nSPS) is 18.8. The van der Waals surface area contributed by atoms with Crippen molar-refractivity contribution in [2.24, 2.45) is 5.92 Å². The summed E-state index contributed by atoms with van der Waals surface area (Å²) in [6.45, 7) is 5.85. The second-order valence-corrected chi connectivity index (χ2v) is 7.57. The van der Waals surface area contributed by atoms with E-state index < -0.39 is 18.1 Å². The first kappa shape index (κ1) is 21.4. The molecule has 1 aliphatic rings. The zero-order valence-corrected chi connectivity index (χ0v) is 17.0. The zero-order valence-electron chi connectivity index (χ0n) is 17.0. The molecule has 1 fully saturated rings. The molecule has 160 valence electrons. The molecule has 1 saturated heterocycles. The van der Waals surface area contributed by atoms with Crippen molar-refractivity contribution in [3.63, 3.8) is 0 Å². The summed E-state index contributed by atoms with van der Waals surface area (Å²) in [6.07, 6.45) is -0.299. The second-order valence-electron chi connectivity index (χ2n) is 7.57. The van der Waals surface area contributed by atoms with Crippen molar-refractivity contribution in [2.75, 3.05) is 5.32 Å². The van der Waals surface area contributed by atoms with Crippen LogP contribution in [-0.2, 0) is 20.9 Å². The highest BCUT2D eigenvalue weighted by Gasteiger charge is 2.30. The molecule has 3 amide bonds. The fourth-order valence-electron chi connectivity index (χ4n) is 3.12. The molecule has 0 bridgehead atoms. The number of nitrogens with zero attached hydrogens (tertiary/aromatic N) is 2. The molecule has 3 rings (SSSR count). The summed E-state index contributed by atoms with van der Waals surface area (Å²) < 4.78 is 14.4. The number of hydrogen-bond donors (Lipinski definition) is 4. The Bertz CT molecular complexity index is 941. The quantitative estimate of drug-likeness (QED) is 0.546. The number of carbonyl (C=O) groups is 3. The minimum atomic E-state index is -0.874. The minimum absolute atomic E-state index is 0.0455. The van der Waals surface area contributed by atoms with E-state index in [4.69, 9.17) is 0 Å². The van der Waals surface area contributed by atoms with Gasteiger partial charge in [-0.05, 0) is 30.5 Å². The lowest BCUT2D eigenvalue weighted by Gasteiger charge is -2.34. The SMILES string of the molecule is Cc1cc(NC(=O)C(=O)NCc2ccc(F)cc2)n(C2NC(=O)CC(C(C)C)N2)n1. The van der Waals surface area contributed by atoms with Crippen molar-refractivity contribution in [1.82, 2.24) is 25.7 Å². The lowest BCUT2D eigenvalue weighted by Crippen LogP contribution is -2.55. The van der Waals surface area contributed by atoms with Crippen molar-refractivity contribution in [3.05, 3.63) is 47.4 Å². The number of halogens is 1. The van der Waals surface area contributed by atoms with E-state index in [9.17, 15) is 18.8 Å². The van der Waals surface area contributed by atoms with Crippen LogP contribution < -0.4 is 21.3 Å². The van der Waals surface area contributed by atoms with Crippen LogP contribution in [0.5, 0.6) is 0 Å². The topological polar surface area (TPSA) is 117 Å². The lowest BCUT2D eigenvalue weighted by atomic mass is 9.99. The van der Waals surface area contributed by atoms with E-state index in [0.29, 0.717) is 17.7 Å². The Morgan fingerprint density at radius 1 is 1.27 bits per heavy atom. The average molecular weight is 416 g/mol. The van der Waals surface area contributed by atoms with Gasteiger partial charge in [-0.2, -0.15) is 5.10 Å². The summed E-state index contributed by atoms with van der Waals surface area (Å²) in [6, 6.07) is 7.16. The molecule has 2 atom stereocenters. The molecule has 2 heterocycles. The maximum absolute atomic E-state index is 13.0. The van der Waals surface area contributed by atoms with E-state index in [0.717, 1.165) is 0 Å². The van der Waals surface area contributed by atoms with Crippen molar-refractivity contribution < 1.29 is 18.8 Å². The van der Waals surface area contributed by atoms with Crippen LogP contribution in [0.3, 0.4) is 0 Å². The number of carbonyl (C=O) groups excluding carboxylic acids is 3. The number of nitrogens with one attached hydrogen (secondary N) is 4. The molecule has 2 unspecified atom stereocenters. The number of anilines is 1. The van der Waals surface area contributed by atoms with Gasteiger partial charge in [-0.25, -0.2) is 9.07 Å². The summed E-state index contributed by atoms with van der Waals surface area (Å²) in [5, 5.41) is 15.4. The van der Waals surface area contributed by atoms with Gasteiger partial charge in [0.15, 0.2) is 6.29 Å². The van der Waals surface area contributed by atoms with E-state index in [2.05, 4.69) is 26.4 Å². The van der Waals surface area contributed by atoms with Crippen molar-refractivity contribution in [1.29, 1.82) is 0 Å². The Kier molecular flexibility index (Phi) is 6.46. The first-order chi connectivity index (χ1) is 14.2. The largest absolute Gasteiger partial charge is 0.344 e. The van der Waals surface area contributed by atoms with Gasteiger partial charge in [0, 0.05) is 25.1 Å². The summed E-state index contributed by atoms with van der Waals surface area (Å²) in [5.41, 5.74) is 1.27. The maximum atomic E-state index is 13.0. The van der Waals surface area contributed by atoms with E-state index in [1.807, 2.05) is 13.8 Å². The highest BCUT2D eigenvalue weighted by Crippen LogP contribution is 2.19. The molecular weight excluding hydrogens is 391 g/mol. The van der Waals surface area contributed by atoms with Gasteiger partial charge >= 0.3 is 11.8 Å². The third kappa shape index (κ3) is 5.20. The van der Waals surface area contributed by atoms with Gasteiger partial charge in [0.1, 0.15) is 11.6 Å². The number of rotatable bonds is 5. The summed E-state index contributed by atoms with van der Waals surface area (Å²) >= 11 is 0. The lowest BCUT2D eigenvalue weighted by molar-refractivity contribution is -0.136. The molecule has 1 aromatic heterocycles. The summed E-state index contributed by atoms with van der Waals surface area (Å²) in [4.78, 5) is 36.6. The van der Waals surface area contributed by atoms with Gasteiger partial charge in [0.05, 0.1) is 5.69 Å². The van der Waals surface area contributed by atoms with Crippen LogP contribution in [0.15, 0.2) is 30.3 Å².